The summed E-state index contributed by atoms with van der Waals surface area (Å²) in [5.74, 6) is 20.9. The summed E-state index contributed by atoms with van der Waals surface area (Å²) in [5, 5.41) is 108. The van der Waals surface area contributed by atoms with Crippen molar-refractivity contribution < 1.29 is 62.5 Å². The Morgan fingerprint density at radius 3 is 0.744 bits per heavy atom. The lowest BCUT2D eigenvalue weighted by Gasteiger charge is -2.18. The van der Waals surface area contributed by atoms with Gasteiger partial charge in [-0.3, -0.25) is 10.1 Å². The summed E-state index contributed by atoms with van der Waals surface area (Å²) in [6, 6.07) is 51.3. The van der Waals surface area contributed by atoms with Gasteiger partial charge in [0.25, 0.3) is 0 Å². The molecule has 26 heteroatoms. The van der Waals surface area contributed by atoms with Gasteiger partial charge in [-0.05, 0) is 70.2 Å². The van der Waals surface area contributed by atoms with E-state index < -0.39 is 4.92 Å². The van der Waals surface area contributed by atoms with Crippen LogP contribution in [0.1, 0.15) is 117 Å². The van der Waals surface area contributed by atoms with Gasteiger partial charge in [-0.25, -0.2) is 0 Å². The molecule has 121 heavy (non-hydrogen) atoms. The van der Waals surface area contributed by atoms with Gasteiger partial charge in [-0.1, -0.05) is 166 Å². The number of hydrogen-bond acceptors (Lipinski definition) is 23. The van der Waals surface area contributed by atoms with Crippen LogP contribution in [0.25, 0.3) is 0 Å². The van der Waals surface area contributed by atoms with Crippen molar-refractivity contribution in [1.82, 2.24) is 0 Å². The van der Waals surface area contributed by atoms with Gasteiger partial charge in [0.2, 0.25) is 0 Å². The Kier molecular flexibility index (Phi) is 52.9. The Morgan fingerprint density at radius 1 is 0.331 bits per heavy atom. The third kappa shape index (κ3) is 39.6. The molecule has 8 aromatic rings. The number of aromatic hydroxyl groups is 2. The fraction of sp³-hybridized carbons (Fsp3) is 0.232. The minimum atomic E-state index is -0.500. The fourth-order valence-electron chi connectivity index (χ4n) is 9.88. The van der Waals surface area contributed by atoms with Gasteiger partial charge in [0.1, 0.15) is 136 Å². The number of hydrogen-bond donors (Lipinski definition) is 2. The predicted molar refractivity (Wildman–Crippen MR) is 454 cm³/mol. The number of methoxy groups -OCH3 is 1. The second-order valence-corrected chi connectivity index (χ2v) is 24.6. The molecule has 0 amide bonds. The van der Waals surface area contributed by atoms with Crippen LogP contribution in [0.5, 0.6) is 28.7 Å². The molecule has 0 heterocycles. The van der Waals surface area contributed by atoms with Gasteiger partial charge in [0.15, 0.2) is 7.05 Å². The van der Waals surface area contributed by atoms with Crippen molar-refractivity contribution in [3.8, 4) is 182 Å². The van der Waals surface area contributed by atoms with E-state index in [9.17, 15) is 26.0 Å². The van der Waals surface area contributed by atoms with Crippen molar-refractivity contribution in [2.24, 2.45) is 0 Å². The maximum Gasteiger partial charge on any atom is 0.194 e. The van der Waals surface area contributed by atoms with Crippen molar-refractivity contribution in [2.45, 2.75) is 80.6 Å². The topological polar surface area (TPSA) is 390 Å². The molecular formula is C95H80Cl2N10O14. The van der Waals surface area contributed by atoms with Crippen molar-refractivity contribution >= 4 is 23.2 Å². The third-order valence-corrected chi connectivity index (χ3v) is 15.4. The highest BCUT2D eigenvalue weighted by Crippen LogP contribution is 2.36. The average Bonchev–Trinajstić information content (AvgIpc) is 0.799. The zero-order valence-electron chi connectivity index (χ0n) is 67.0. The lowest BCUT2D eigenvalue weighted by molar-refractivity contribution is -0.445. The van der Waals surface area contributed by atoms with Crippen molar-refractivity contribution in [3.05, 3.63) is 258 Å². The van der Waals surface area contributed by atoms with Crippen LogP contribution in [0.2, 0.25) is 10.0 Å². The van der Waals surface area contributed by atoms with Gasteiger partial charge >= 0.3 is 0 Å². The summed E-state index contributed by atoms with van der Waals surface area (Å²) in [5.41, 5.74) is 12.7. The van der Waals surface area contributed by atoms with E-state index in [0.29, 0.717) is 74.6 Å². The zero-order chi connectivity index (χ0) is 90.3. The second-order valence-electron chi connectivity index (χ2n) is 23.8. The molecular weight excluding hydrogens is 1580 g/mol. The highest BCUT2D eigenvalue weighted by Gasteiger charge is 2.19. The molecule has 0 unspecified atom stereocenters. The normalized spacial score (nSPS) is 9.12. The van der Waals surface area contributed by atoms with Gasteiger partial charge in [0.05, 0.1) is 120 Å². The van der Waals surface area contributed by atoms with Crippen LogP contribution in [0.4, 0.5) is 0 Å². The number of nitrogens with zero attached hydrogens (tertiary/aromatic N) is 10. The van der Waals surface area contributed by atoms with Gasteiger partial charge in [-0.15, -0.1) is 51.4 Å². The number of phenolic OH excluding ortho intramolecular Hbond substituents is 2. The third-order valence-electron chi connectivity index (χ3n) is 14.7. The monoisotopic (exact) mass is 1650 g/mol. The lowest BCUT2D eigenvalue weighted by atomic mass is 10.0. The number of benzene rings is 8. The van der Waals surface area contributed by atoms with Crippen LogP contribution < -0.4 is 9.47 Å². The molecule has 0 bridgehead atoms. The van der Waals surface area contributed by atoms with Gasteiger partial charge in [-0.2, -0.15) is 47.4 Å². The molecule has 8 rings (SSSR count). The fourth-order valence-corrected chi connectivity index (χ4v) is 10.2. The minimum Gasteiger partial charge on any atom is -0.507 e. The summed E-state index contributed by atoms with van der Waals surface area (Å²) in [6.45, 7) is 11.8. The number of aryl methyl sites for hydroxylation is 4. The molecule has 2 N–H and O–H groups in total. The van der Waals surface area contributed by atoms with Crippen LogP contribution in [-0.4, -0.2) is 82.1 Å². The molecule has 8 aromatic carbocycles. The van der Waals surface area contributed by atoms with E-state index in [1.54, 1.807) is 55.6 Å². The first kappa shape index (κ1) is 104. The number of ether oxygens (including phenoxy) is 10. The number of rotatable bonds is 27. The molecule has 0 fully saturated rings. The summed E-state index contributed by atoms with van der Waals surface area (Å²) in [7, 11) is 2.51. The Bertz CT molecular complexity index is 5170. The zero-order valence-corrected chi connectivity index (χ0v) is 68.5. The second kappa shape index (κ2) is 61.9. The molecule has 0 aliphatic carbocycles. The molecule has 0 aliphatic heterocycles. The molecule has 0 spiro atoms. The standard InChI is InChI=1S/C24H17N3O3.C16H18O3.2C15H16O3.C8H2Cl2N2.2C8H4N2.CH3NO2/c1-4-6-28-15-21-8-17(3)9-22(16-29-7-5-2)24(21)30-23-11-19(13-26)18(12-25)10-20(23)14-27;1-5-7-18-11-14-9-13(3)10-15(16(14)17-4)12-19-8-6-2;2*1-4-6-17-10-13-8-12(3)9-14(15(13)16)11-18-7-5-2;9-7-1-5(3-11)6(4-12)2-8(7)10;2*9-5-7-3-1-2-4-8(7)6-10;1-2(3)4/h1-2,8-11H,6-7,15-16H2,3H3;1-2,9-10H,7-8,11-12H2,3-4H3;2*1-2,8-9,16H,6-7,10-11H2,3H3;1-2H;2*1-4H;1H3. The highest BCUT2D eigenvalue weighted by atomic mass is 35.5. The van der Waals surface area contributed by atoms with E-state index in [1.807, 2.05) is 131 Å². The first-order valence-corrected chi connectivity index (χ1v) is 35.8. The lowest BCUT2D eigenvalue weighted by Crippen LogP contribution is -2.04. The Hall–Kier alpha value is -15.5. The molecule has 0 atom stereocenters. The van der Waals surface area contributed by atoms with E-state index in [-0.39, 0.29) is 148 Å². The summed E-state index contributed by atoms with van der Waals surface area (Å²) >= 11 is 11.3. The van der Waals surface area contributed by atoms with Crippen LogP contribution >= 0.6 is 23.2 Å². The van der Waals surface area contributed by atoms with Crippen molar-refractivity contribution in [1.29, 1.82) is 47.4 Å². The average molecular weight is 1660 g/mol. The highest BCUT2D eigenvalue weighted by molar-refractivity contribution is 6.42. The molecule has 24 nitrogen and oxygen atoms in total. The quantitative estimate of drug-likeness (QED) is 0.0209. The van der Waals surface area contributed by atoms with Crippen molar-refractivity contribution in [2.75, 3.05) is 67.0 Å². The number of phenols is 2. The molecule has 608 valence electrons. The SMILES string of the molecule is C#CCOCc1cc(C)cc(COCC#C)c1O.C#CCOCc1cc(C)cc(COCC#C)c1O.C#CCOCc1cc(C)cc(COCC#C)c1OC.C#CCOCc1cc(C)cc(COCC#C)c1Oc1cc(C#N)c(C#N)cc1C#N.C[N+](=O)[O-].N#Cc1cc(Cl)c(Cl)cc1C#N.N#Cc1ccccc1C#N.N#Cc1ccccc1C#N. The van der Waals surface area contributed by atoms with E-state index in [4.69, 9.17) is 164 Å². The Morgan fingerprint density at radius 2 is 0.529 bits per heavy atom. The maximum absolute atomic E-state index is 10.0. The van der Waals surface area contributed by atoms with Crippen LogP contribution in [0.15, 0.2) is 121 Å². The van der Waals surface area contributed by atoms with E-state index in [1.165, 1.54) is 24.3 Å². The maximum atomic E-state index is 10.0. The molecule has 0 saturated carbocycles. The number of terminal acetylenes is 8. The molecule has 0 aliphatic rings. The van der Waals surface area contributed by atoms with Gasteiger partial charge < -0.3 is 57.6 Å². The first-order chi connectivity index (χ1) is 58.3. The van der Waals surface area contributed by atoms with Crippen LogP contribution in [0.3, 0.4) is 0 Å². The first-order valence-electron chi connectivity index (χ1n) is 35.1. The van der Waals surface area contributed by atoms with E-state index in [2.05, 4.69) is 47.4 Å². The summed E-state index contributed by atoms with van der Waals surface area (Å²) < 4.78 is 54.0. The molecule has 0 saturated heterocycles. The smallest absolute Gasteiger partial charge is 0.194 e. The number of nitro groups is 1. The summed E-state index contributed by atoms with van der Waals surface area (Å²) in [4.78, 5) is 8.31. The van der Waals surface area contributed by atoms with Crippen LogP contribution in [0, 0.1) is 239 Å². The minimum absolute atomic E-state index is 0.0976. The van der Waals surface area contributed by atoms with Gasteiger partial charge in [0, 0.05) is 55.5 Å². The number of halogens is 2. The van der Waals surface area contributed by atoms with E-state index >= 15 is 0 Å². The van der Waals surface area contributed by atoms with Crippen molar-refractivity contribution in [3.63, 3.8) is 0 Å². The summed E-state index contributed by atoms with van der Waals surface area (Å²) in [6.07, 6.45) is 41.2. The predicted octanol–water partition coefficient (Wildman–Crippen LogP) is 15.5. The molecule has 0 radical (unpaired) electrons. The van der Waals surface area contributed by atoms with Crippen LogP contribution in [-0.2, 0) is 90.7 Å². The Balaban J connectivity index is 0.000000721. The molecule has 0 aromatic heterocycles. The Labute approximate surface area is 717 Å². The van der Waals surface area contributed by atoms with E-state index in [0.717, 1.165) is 46.2 Å². The number of nitriles is 9. The largest absolute Gasteiger partial charge is 0.507 e.